The molecule has 0 radical (unpaired) electrons. The van der Waals surface area contributed by atoms with Crippen molar-refractivity contribution in [1.82, 2.24) is 14.8 Å². The average molecular weight is 446 g/mol. The molecule has 3 aromatic rings. The highest BCUT2D eigenvalue weighted by Crippen LogP contribution is 2.23. The molecule has 0 saturated carbocycles. The number of aryl methyl sites for hydroxylation is 1. The first-order valence-electron chi connectivity index (χ1n) is 9.83. The number of amides is 1. The van der Waals surface area contributed by atoms with Crippen LogP contribution in [-0.4, -0.2) is 46.9 Å². The number of piperazine rings is 1. The third kappa shape index (κ3) is 5.65. The van der Waals surface area contributed by atoms with Crippen LogP contribution in [0.5, 0.6) is 0 Å². The number of hydrogen-bond donors (Lipinski definition) is 0. The first-order valence-corrected chi connectivity index (χ1v) is 10.7. The predicted octanol–water partition coefficient (Wildman–Crippen LogP) is 4.57. The quantitative estimate of drug-likeness (QED) is 0.577. The largest absolute Gasteiger partial charge is 0.340 e. The fourth-order valence-corrected chi connectivity index (χ4v) is 4.44. The summed E-state index contributed by atoms with van der Waals surface area (Å²) in [5, 5.41) is 3.06. The van der Waals surface area contributed by atoms with Gasteiger partial charge in [0, 0.05) is 37.1 Å². The van der Waals surface area contributed by atoms with Gasteiger partial charge in [-0.15, -0.1) is 23.7 Å². The molecule has 1 saturated heterocycles. The number of nitrogens with zero attached hydrogens (tertiary/aromatic N) is 3. The highest BCUT2D eigenvalue weighted by Gasteiger charge is 2.22. The highest BCUT2D eigenvalue weighted by molar-refractivity contribution is 7.09. The molecule has 4 nitrogen and oxygen atoms in total. The lowest BCUT2D eigenvalue weighted by Crippen LogP contribution is -2.48. The third-order valence-electron chi connectivity index (χ3n) is 5.21. The summed E-state index contributed by atoms with van der Waals surface area (Å²) in [4.78, 5) is 21.6. The van der Waals surface area contributed by atoms with E-state index in [2.05, 4.69) is 11.0 Å². The van der Waals surface area contributed by atoms with E-state index in [0.717, 1.165) is 54.6 Å². The van der Waals surface area contributed by atoms with Gasteiger partial charge in [0.15, 0.2) is 0 Å². The molecule has 0 N–H and O–H groups in total. The van der Waals surface area contributed by atoms with Gasteiger partial charge in [0.25, 0.3) is 0 Å². The van der Waals surface area contributed by atoms with Crippen molar-refractivity contribution in [2.45, 2.75) is 19.9 Å². The van der Waals surface area contributed by atoms with Gasteiger partial charge < -0.3 is 4.90 Å². The Hall–Kier alpha value is -2.28. The molecule has 1 aliphatic rings. The number of carbonyl (C=O) groups excluding carboxylic acids is 1. The SMILES string of the molecule is Cc1cccc(CC(=O)N2CCN(Cc3nc(-c4ccc(F)cc4)cs3)CC2)c1.Cl. The van der Waals surface area contributed by atoms with E-state index in [1.54, 1.807) is 23.5 Å². The Morgan fingerprint density at radius 2 is 1.83 bits per heavy atom. The van der Waals surface area contributed by atoms with Crippen LogP contribution in [0.2, 0.25) is 0 Å². The minimum Gasteiger partial charge on any atom is -0.340 e. The second-order valence-corrected chi connectivity index (χ2v) is 8.40. The van der Waals surface area contributed by atoms with Crippen molar-refractivity contribution in [2.24, 2.45) is 0 Å². The molecule has 1 aliphatic heterocycles. The average Bonchev–Trinajstić information content (AvgIpc) is 3.17. The van der Waals surface area contributed by atoms with Gasteiger partial charge in [-0.3, -0.25) is 9.69 Å². The molecule has 1 amide bonds. The van der Waals surface area contributed by atoms with Gasteiger partial charge in [-0.2, -0.15) is 0 Å². The first-order chi connectivity index (χ1) is 14.1. The Morgan fingerprint density at radius 1 is 1.10 bits per heavy atom. The Labute approximate surface area is 186 Å². The van der Waals surface area contributed by atoms with Crippen LogP contribution in [0.1, 0.15) is 16.1 Å². The predicted molar refractivity (Wildman–Crippen MR) is 121 cm³/mol. The number of thiazole rings is 1. The minimum absolute atomic E-state index is 0. The van der Waals surface area contributed by atoms with Crippen LogP contribution in [0.25, 0.3) is 11.3 Å². The maximum Gasteiger partial charge on any atom is 0.227 e. The Morgan fingerprint density at radius 3 is 2.53 bits per heavy atom. The molecule has 0 aliphatic carbocycles. The van der Waals surface area contributed by atoms with Crippen molar-refractivity contribution in [3.8, 4) is 11.3 Å². The van der Waals surface area contributed by atoms with Gasteiger partial charge in [-0.25, -0.2) is 9.37 Å². The van der Waals surface area contributed by atoms with Crippen LogP contribution in [-0.2, 0) is 17.8 Å². The lowest BCUT2D eigenvalue weighted by molar-refractivity contribution is -0.132. The molecule has 158 valence electrons. The first kappa shape index (κ1) is 22.4. The molecule has 4 rings (SSSR count). The molecule has 1 fully saturated rings. The van der Waals surface area contributed by atoms with Gasteiger partial charge in [0.2, 0.25) is 5.91 Å². The maximum atomic E-state index is 13.1. The number of carbonyl (C=O) groups is 1. The Balaban J connectivity index is 0.00000256. The standard InChI is InChI=1S/C23H24FN3OS.ClH/c1-17-3-2-4-18(13-17)14-23(28)27-11-9-26(10-12-27)15-22-25-21(16-29-22)19-5-7-20(24)8-6-19;/h2-8,13,16H,9-12,14-15H2,1H3;1H. The van der Waals surface area contributed by atoms with Crippen molar-refractivity contribution in [3.05, 3.63) is 75.9 Å². The van der Waals surface area contributed by atoms with Gasteiger partial charge in [0.05, 0.1) is 18.7 Å². The summed E-state index contributed by atoms with van der Waals surface area (Å²) >= 11 is 1.63. The van der Waals surface area contributed by atoms with Crippen molar-refractivity contribution >= 4 is 29.7 Å². The second-order valence-electron chi connectivity index (χ2n) is 7.46. The molecule has 0 bridgehead atoms. The van der Waals surface area contributed by atoms with Gasteiger partial charge in [-0.1, -0.05) is 29.8 Å². The van der Waals surface area contributed by atoms with Crippen LogP contribution in [0.15, 0.2) is 53.9 Å². The number of aromatic nitrogens is 1. The molecule has 1 aromatic heterocycles. The number of hydrogen-bond acceptors (Lipinski definition) is 4. The summed E-state index contributed by atoms with van der Waals surface area (Å²) in [6, 6.07) is 14.6. The number of rotatable bonds is 5. The molecule has 2 heterocycles. The smallest absolute Gasteiger partial charge is 0.227 e. The lowest BCUT2D eigenvalue weighted by atomic mass is 10.1. The third-order valence-corrected chi connectivity index (χ3v) is 6.05. The highest BCUT2D eigenvalue weighted by atomic mass is 35.5. The van der Waals surface area contributed by atoms with Crippen LogP contribution in [0, 0.1) is 12.7 Å². The van der Waals surface area contributed by atoms with Crippen molar-refractivity contribution < 1.29 is 9.18 Å². The van der Waals surface area contributed by atoms with E-state index in [1.807, 2.05) is 35.4 Å². The summed E-state index contributed by atoms with van der Waals surface area (Å²) in [5.41, 5.74) is 4.08. The Kier molecular flexibility index (Phi) is 7.58. The fraction of sp³-hybridized carbons (Fsp3) is 0.304. The zero-order valence-corrected chi connectivity index (χ0v) is 18.5. The van der Waals surface area contributed by atoms with Crippen molar-refractivity contribution in [3.63, 3.8) is 0 Å². The summed E-state index contributed by atoms with van der Waals surface area (Å²) in [7, 11) is 0. The van der Waals surface area contributed by atoms with Gasteiger partial charge in [-0.05, 0) is 36.8 Å². The molecule has 0 spiro atoms. The molecule has 0 unspecified atom stereocenters. The van der Waals surface area contributed by atoms with Crippen LogP contribution in [0.4, 0.5) is 4.39 Å². The Bertz CT molecular complexity index is 984. The molecule has 30 heavy (non-hydrogen) atoms. The van der Waals surface area contributed by atoms with Gasteiger partial charge >= 0.3 is 0 Å². The minimum atomic E-state index is -0.237. The van der Waals surface area contributed by atoms with E-state index in [1.165, 1.54) is 17.7 Å². The zero-order valence-electron chi connectivity index (χ0n) is 16.9. The van der Waals surface area contributed by atoms with Crippen LogP contribution >= 0.6 is 23.7 Å². The van der Waals surface area contributed by atoms with Gasteiger partial charge in [0.1, 0.15) is 10.8 Å². The maximum absolute atomic E-state index is 13.1. The molecular weight excluding hydrogens is 421 g/mol. The second kappa shape index (κ2) is 10.2. The number of benzene rings is 2. The lowest BCUT2D eigenvalue weighted by Gasteiger charge is -2.34. The summed E-state index contributed by atoms with van der Waals surface area (Å²) in [5.74, 6) is -0.0397. The molecular formula is C23H25ClFN3OS. The normalized spacial score (nSPS) is 14.4. The van der Waals surface area contributed by atoms with E-state index in [4.69, 9.17) is 4.98 Å². The number of halogens is 2. The van der Waals surface area contributed by atoms with Crippen LogP contribution < -0.4 is 0 Å². The summed E-state index contributed by atoms with van der Waals surface area (Å²) in [6.45, 7) is 6.04. The molecule has 0 atom stereocenters. The van der Waals surface area contributed by atoms with Crippen molar-refractivity contribution in [2.75, 3.05) is 26.2 Å². The summed E-state index contributed by atoms with van der Waals surface area (Å²) in [6.07, 6.45) is 0.467. The van der Waals surface area contributed by atoms with E-state index in [-0.39, 0.29) is 24.1 Å². The van der Waals surface area contributed by atoms with E-state index >= 15 is 0 Å². The summed E-state index contributed by atoms with van der Waals surface area (Å²) < 4.78 is 13.1. The molecule has 7 heteroatoms. The van der Waals surface area contributed by atoms with E-state index in [0.29, 0.717) is 6.42 Å². The fourth-order valence-electron chi connectivity index (χ4n) is 3.59. The monoisotopic (exact) mass is 445 g/mol. The van der Waals surface area contributed by atoms with E-state index in [9.17, 15) is 9.18 Å². The molecule has 2 aromatic carbocycles. The van der Waals surface area contributed by atoms with E-state index < -0.39 is 0 Å². The topological polar surface area (TPSA) is 36.4 Å². The zero-order chi connectivity index (χ0) is 20.2. The van der Waals surface area contributed by atoms with Crippen molar-refractivity contribution in [1.29, 1.82) is 0 Å². The van der Waals surface area contributed by atoms with Crippen LogP contribution in [0.3, 0.4) is 0 Å².